The van der Waals surface area contributed by atoms with Crippen LogP contribution in [0, 0.1) is 5.92 Å². The minimum atomic E-state index is -4.50. The lowest BCUT2D eigenvalue weighted by atomic mass is 10.1. The highest BCUT2D eigenvalue weighted by Gasteiger charge is 2.52. The number of ether oxygens (including phenoxy) is 4. The van der Waals surface area contributed by atoms with Gasteiger partial charge in [0.05, 0.1) is 31.9 Å². The quantitative estimate of drug-likeness (QED) is 0.107. The molecule has 1 saturated heterocycles. The van der Waals surface area contributed by atoms with E-state index in [4.69, 9.17) is 33.7 Å². The SMILES string of the molecule is COC(=O)C(NP(=O)(OC[C@H]1O[C@@H](n2cc3c4c(ncnc42)N(C)N=C3N)C(OC(=O)CCC(C)=O)C1OC(=O)CCC(C)=O)Oc1ccccc1)C(C)C. The number of methoxy groups -OCH3 is 1. The van der Waals surface area contributed by atoms with Gasteiger partial charge in [0, 0.05) is 31.6 Å². The second-order valence-electron chi connectivity index (χ2n) is 13.3. The Kier molecular flexibility index (Phi) is 13.0. The number of hydrazone groups is 1. The van der Waals surface area contributed by atoms with Crippen LogP contribution in [0.3, 0.4) is 0 Å². The molecule has 0 aliphatic carbocycles. The van der Waals surface area contributed by atoms with E-state index >= 15 is 0 Å². The highest BCUT2D eigenvalue weighted by molar-refractivity contribution is 7.52. The van der Waals surface area contributed by atoms with Crippen molar-refractivity contribution in [2.24, 2.45) is 16.8 Å². The van der Waals surface area contributed by atoms with Gasteiger partial charge in [-0.15, -0.1) is 0 Å². The van der Waals surface area contributed by atoms with E-state index < -0.39 is 68.8 Å². The van der Waals surface area contributed by atoms with Crippen molar-refractivity contribution in [1.29, 1.82) is 0 Å². The zero-order chi connectivity index (χ0) is 40.0. The van der Waals surface area contributed by atoms with E-state index in [1.54, 1.807) is 45.3 Å². The van der Waals surface area contributed by atoms with Gasteiger partial charge >= 0.3 is 25.7 Å². The predicted octanol–water partition coefficient (Wildman–Crippen LogP) is 2.95. The molecule has 296 valence electrons. The highest BCUT2D eigenvalue weighted by atomic mass is 31.2. The van der Waals surface area contributed by atoms with Gasteiger partial charge in [0.2, 0.25) is 0 Å². The minimum Gasteiger partial charge on any atom is -0.468 e. The van der Waals surface area contributed by atoms with Crippen LogP contribution in [0.5, 0.6) is 5.75 Å². The molecule has 3 aromatic rings. The van der Waals surface area contributed by atoms with Crippen molar-refractivity contribution < 1.29 is 56.5 Å². The Morgan fingerprint density at radius 1 is 0.964 bits per heavy atom. The average Bonchev–Trinajstić information content (AvgIpc) is 3.69. The summed E-state index contributed by atoms with van der Waals surface area (Å²) in [6.45, 7) is 5.42. The van der Waals surface area contributed by atoms with Gasteiger partial charge < -0.3 is 43.4 Å². The molecule has 3 N–H and O–H groups in total. The number of carbonyl (C=O) groups excluding carboxylic acids is 5. The first-order valence-electron chi connectivity index (χ1n) is 17.4. The van der Waals surface area contributed by atoms with E-state index in [-0.39, 0.29) is 48.8 Å². The normalized spacial score (nSPS) is 20.7. The maximum atomic E-state index is 14.5. The Balaban J connectivity index is 1.57. The van der Waals surface area contributed by atoms with Crippen LogP contribution in [-0.4, -0.2) is 95.0 Å². The van der Waals surface area contributed by atoms with E-state index in [0.717, 1.165) is 0 Å². The number of anilines is 1. The summed E-state index contributed by atoms with van der Waals surface area (Å²) < 4.78 is 51.1. The maximum absolute atomic E-state index is 14.5. The molecule has 19 nitrogen and oxygen atoms in total. The molecule has 2 aromatic heterocycles. The fourth-order valence-electron chi connectivity index (χ4n) is 5.93. The molecule has 20 heteroatoms. The van der Waals surface area contributed by atoms with Gasteiger partial charge in [0.1, 0.15) is 41.4 Å². The Morgan fingerprint density at radius 2 is 1.60 bits per heavy atom. The summed E-state index contributed by atoms with van der Waals surface area (Å²) in [5.74, 6) is -2.65. The topological polar surface area (TPSA) is 242 Å². The number of ketones is 2. The van der Waals surface area contributed by atoms with E-state index in [1.165, 1.54) is 49.0 Å². The smallest absolute Gasteiger partial charge is 0.459 e. The Hall–Kier alpha value is -5.23. The fraction of sp³-hybridized carbons (Fsp3) is 0.486. The zero-order valence-corrected chi connectivity index (χ0v) is 32.1. The molecule has 1 aromatic carbocycles. The van der Waals surface area contributed by atoms with Crippen molar-refractivity contribution >= 4 is 59.9 Å². The van der Waals surface area contributed by atoms with Crippen LogP contribution >= 0.6 is 7.75 Å². The van der Waals surface area contributed by atoms with Gasteiger partial charge in [-0.05, 0) is 31.9 Å². The molecule has 4 unspecified atom stereocenters. The second kappa shape index (κ2) is 17.5. The first-order chi connectivity index (χ1) is 26.1. The summed E-state index contributed by atoms with van der Waals surface area (Å²) in [5.41, 5.74) is 7.03. The number of hydrogen-bond acceptors (Lipinski definition) is 17. The van der Waals surface area contributed by atoms with Crippen LogP contribution < -0.4 is 20.4 Å². The molecular weight excluding hydrogens is 741 g/mol. The lowest BCUT2D eigenvalue weighted by Crippen LogP contribution is -2.43. The lowest BCUT2D eigenvalue weighted by molar-refractivity contribution is -0.168. The summed E-state index contributed by atoms with van der Waals surface area (Å²) in [7, 11) is -1.66. The number of amidine groups is 1. The number of hydrogen-bond donors (Lipinski definition) is 2. The molecule has 0 spiro atoms. The van der Waals surface area contributed by atoms with Crippen molar-refractivity contribution in [2.75, 3.05) is 25.8 Å². The number of esters is 3. The minimum absolute atomic E-state index is 0.123. The third kappa shape index (κ3) is 9.72. The molecule has 6 atom stereocenters. The molecule has 2 aliphatic rings. The van der Waals surface area contributed by atoms with Gasteiger partial charge in [0.15, 0.2) is 30.1 Å². The number of benzene rings is 1. The number of nitrogens with one attached hydrogen (secondary N) is 1. The van der Waals surface area contributed by atoms with Crippen LogP contribution in [-0.2, 0) is 52.0 Å². The van der Waals surface area contributed by atoms with E-state index in [0.29, 0.717) is 22.4 Å². The predicted molar refractivity (Wildman–Crippen MR) is 195 cm³/mol. The summed E-state index contributed by atoms with van der Waals surface area (Å²) in [6.07, 6.45) is -3.49. The molecule has 55 heavy (non-hydrogen) atoms. The van der Waals surface area contributed by atoms with Gasteiger partial charge in [-0.1, -0.05) is 32.0 Å². The van der Waals surface area contributed by atoms with Gasteiger partial charge in [0.25, 0.3) is 0 Å². The molecule has 0 saturated carbocycles. The molecular formula is C35H44N7O12P. The summed E-state index contributed by atoms with van der Waals surface area (Å²) in [5, 5.41) is 8.96. The van der Waals surface area contributed by atoms with Crippen molar-refractivity contribution in [3.63, 3.8) is 0 Å². The number of nitrogens with two attached hydrogens (primary N) is 1. The van der Waals surface area contributed by atoms with E-state index in [1.807, 2.05) is 0 Å². The Bertz CT molecular complexity index is 2010. The molecule has 2 aliphatic heterocycles. The standard InChI is InChI=1S/C35H44N7O12P/c1-19(2)28(35(47)49-6)40-55(48,54-22-10-8-7-9-11-22)50-17-24-29(52-25(45)14-12-20(3)43)30(53-26(46)15-13-21(4)44)34(51-24)42-16-23-27-32(37-18-38-33(27)42)41(5)39-31(23)36/h7-11,16,18-19,24,28-30,34H,12-15,17H2,1-6H3,(H2,36,39)(H,40,48)/t24-,28?,29?,30?,34-,55?/m1/s1. The molecule has 0 bridgehead atoms. The Labute approximate surface area is 316 Å². The average molecular weight is 786 g/mol. The van der Waals surface area contributed by atoms with Crippen molar-refractivity contribution in [1.82, 2.24) is 19.6 Å². The van der Waals surface area contributed by atoms with Crippen molar-refractivity contribution in [3.8, 4) is 5.75 Å². The number of Topliss-reactive ketones (excluding diaryl/α,β-unsaturated/α-hetero) is 2. The van der Waals surface area contributed by atoms with Crippen molar-refractivity contribution in [3.05, 3.63) is 48.4 Å². The summed E-state index contributed by atoms with van der Waals surface area (Å²) >= 11 is 0. The zero-order valence-electron chi connectivity index (χ0n) is 31.2. The monoisotopic (exact) mass is 785 g/mol. The van der Waals surface area contributed by atoms with Gasteiger partial charge in [-0.25, -0.2) is 19.5 Å². The maximum Gasteiger partial charge on any atom is 0.459 e. The van der Waals surface area contributed by atoms with Crippen LogP contribution in [0.15, 0.2) is 48.0 Å². The number of rotatable bonds is 18. The lowest BCUT2D eigenvalue weighted by Gasteiger charge is -2.28. The van der Waals surface area contributed by atoms with Crippen LogP contribution in [0.25, 0.3) is 11.0 Å². The molecule has 1 fully saturated rings. The summed E-state index contributed by atoms with van der Waals surface area (Å²) in [6, 6.07) is 6.91. The third-order valence-corrected chi connectivity index (χ3v) is 10.2. The van der Waals surface area contributed by atoms with Gasteiger partial charge in [-0.3, -0.25) is 18.9 Å². The molecule has 0 amide bonds. The molecule has 4 heterocycles. The number of para-hydroxylation sites is 1. The first-order valence-corrected chi connectivity index (χ1v) is 19.0. The largest absolute Gasteiger partial charge is 0.468 e. The first kappa shape index (κ1) is 40.9. The molecule has 0 radical (unpaired) electrons. The molecule has 5 rings (SSSR count). The number of carbonyl (C=O) groups is 5. The summed E-state index contributed by atoms with van der Waals surface area (Å²) in [4.78, 5) is 71.6. The van der Waals surface area contributed by atoms with Crippen molar-refractivity contribution in [2.45, 2.75) is 84.0 Å². The Morgan fingerprint density at radius 3 is 2.20 bits per heavy atom. The van der Waals surface area contributed by atoms with E-state index in [2.05, 4.69) is 20.2 Å². The van der Waals surface area contributed by atoms with Crippen LogP contribution in [0.2, 0.25) is 0 Å². The third-order valence-electron chi connectivity index (χ3n) is 8.68. The number of nitrogens with zero attached hydrogens (tertiary/aromatic N) is 5. The van der Waals surface area contributed by atoms with Crippen LogP contribution in [0.1, 0.15) is 65.2 Å². The fourth-order valence-corrected chi connectivity index (χ4v) is 7.60. The van der Waals surface area contributed by atoms with Gasteiger partial charge in [-0.2, -0.15) is 10.2 Å². The van der Waals surface area contributed by atoms with E-state index in [9.17, 15) is 28.5 Å². The second-order valence-corrected chi connectivity index (χ2v) is 15.0. The highest BCUT2D eigenvalue weighted by Crippen LogP contribution is 2.47. The van der Waals surface area contributed by atoms with Crippen LogP contribution in [0.4, 0.5) is 5.82 Å². The number of aromatic nitrogens is 3.